The number of ether oxygens (including phenoxy) is 2. The summed E-state index contributed by atoms with van der Waals surface area (Å²) >= 11 is 1.45. The fourth-order valence-corrected chi connectivity index (χ4v) is 5.62. The normalized spacial score (nSPS) is 11.7. The van der Waals surface area contributed by atoms with E-state index in [0.717, 1.165) is 46.2 Å². The topological polar surface area (TPSA) is 78.3 Å². The van der Waals surface area contributed by atoms with Gasteiger partial charge in [0.15, 0.2) is 11.6 Å². The second kappa shape index (κ2) is 12.9. The minimum Gasteiger partial charge on any atom is -0.453 e. The first-order valence-corrected chi connectivity index (χ1v) is 14.3. The van der Waals surface area contributed by atoms with E-state index in [1.165, 1.54) is 35.6 Å². The molecule has 0 atom stereocenters. The average Bonchev–Trinajstić information content (AvgIpc) is 3.54. The van der Waals surface area contributed by atoms with E-state index in [9.17, 15) is 18.0 Å². The molecule has 7 nitrogen and oxygen atoms in total. The van der Waals surface area contributed by atoms with Gasteiger partial charge in [0.1, 0.15) is 23.1 Å². The molecule has 0 bridgehead atoms. The molecule has 5 rings (SSSR count). The van der Waals surface area contributed by atoms with Gasteiger partial charge in [-0.2, -0.15) is 0 Å². The molecular formula is C31H28F4N4O3S. The van der Waals surface area contributed by atoms with Crippen molar-refractivity contribution in [1.29, 1.82) is 0 Å². The third-order valence-corrected chi connectivity index (χ3v) is 7.72. The second-order valence-electron chi connectivity index (χ2n) is 9.89. The van der Waals surface area contributed by atoms with Gasteiger partial charge in [-0.25, -0.2) is 9.37 Å². The summed E-state index contributed by atoms with van der Waals surface area (Å²) < 4.78 is 64.7. The summed E-state index contributed by atoms with van der Waals surface area (Å²) in [6.45, 7) is 3.75. The monoisotopic (exact) mass is 612 g/mol. The molecule has 0 aliphatic heterocycles. The molecule has 0 unspecified atom stereocenters. The van der Waals surface area contributed by atoms with Crippen molar-refractivity contribution < 1.29 is 31.8 Å². The molecule has 0 amide bonds. The average molecular weight is 613 g/mol. The predicted molar refractivity (Wildman–Crippen MR) is 156 cm³/mol. The predicted octanol–water partition coefficient (Wildman–Crippen LogP) is 7.38. The Hall–Kier alpha value is -4.29. The van der Waals surface area contributed by atoms with Crippen LogP contribution < -0.4 is 14.8 Å². The van der Waals surface area contributed by atoms with Crippen LogP contribution in [0.15, 0.2) is 67.0 Å². The Labute approximate surface area is 249 Å². The number of carbonyl (C=O) groups is 1. The molecule has 1 N–H and O–H groups in total. The lowest BCUT2D eigenvalue weighted by Crippen LogP contribution is -2.17. The maximum Gasteiger partial charge on any atom is 0.573 e. The number of imidazole rings is 1. The molecule has 5 aromatic rings. The van der Waals surface area contributed by atoms with E-state index in [1.54, 1.807) is 18.3 Å². The van der Waals surface area contributed by atoms with Gasteiger partial charge in [0.25, 0.3) is 0 Å². The molecular weight excluding hydrogens is 584 g/mol. The van der Waals surface area contributed by atoms with E-state index >= 15 is 4.39 Å². The highest BCUT2D eigenvalue weighted by Crippen LogP contribution is 2.39. The van der Waals surface area contributed by atoms with Crippen LogP contribution in [0.5, 0.6) is 17.2 Å². The number of halogens is 4. The Kier molecular flexibility index (Phi) is 9.07. The standard InChI is InChI=1S/C31H28F4N4O3S/c1-3-11-36-17-21-18-38-30(39(21)2)28-16-25-29(43-28)27(10-12-37-25)41-26-9-6-20(15-24(26)32)14-22(40)13-19-4-7-23(8-5-19)42-31(33,34)35/h4-10,12,15-16,18,36H,3,11,13-14,17H2,1-2H3. The number of Topliss-reactive ketones (excluding diaryl/α,β-unsaturated/α-hetero) is 1. The number of nitrogens with zero attached hydrogens (tertiary/aromatic N) is 3. The molecule has 0 saturated heterocycles. The third kappa shape index (κ3) is 7.57. The summed E-state index contributed by atoms with van der Waals surface area (Å²) in [4.78, 5) is 22.5. The number of aromatic nitrogens is 3. The van der Waals surface area contributed by atoms with Crippen LogP contribution in [0.3, 0.4) is 0 Å². The molecule has 0 radical (unpaired) electrons. The number of carbonyl (C=O) groups excluding carboxylic acids is 1. The van der Waals surface area contributed by atoms with Crippen molar-refractivity contribution in [1.82, 2.24) is 19.9 Å². The van der Waals surface area contributed by atoms with Gasteiger partial charge in [-0.1, -0.05) is 25.1 Å². The lowest BCUT2D eigenvalue weighted by atomic mass is 10.0. The van der Waals surface area contributed by atoms with Crippen LogP contribution in [0.4, 0.5) is 17.6 Å². The molecule has 2 aromatic carbocycles. The minimum absolute atomic E-state index is 0.000166. The van der Waals surface area contributed by atoms with Crippen LogP contribution in [0.2, 0.25) is 0 Å². The fraction of sp³-hybridized carbons (Fsp3) is 0.258. The van der Waals surface area contributed by atoms with Gasteiger partial charge >= 0.3 is 6.36 Å². The largest absolute Gasteiger partial charge is 0.573 e. The molecule has 0 aliphatic rings. The summed E-state index contributed by atoms with van der Waals surface area (Å²) in [6.07, 6.45) is -0.373. The molecule has 224 valence electrons. The SMILES string of the molecule is CCCNCc1cnc(-c2cc3nccc(Oc4ccc(CC(=O)Cc5ccc(OC(F)(F)F)cc5)cc4F)c3s2)n1C. The summed E-state index contributed by atoms with van der Waals surface area (Å²) in [5.41, 5.74) is 2.72. The first-order valence-electron chi connectivity index (χ1n) is 13.5. The van der Waals surface area contributed by atoms with Crippen molar-refractivity contribution in [2.45, 2.75) is 39.1 Å². The van der Waals surface area contributed by atoms with Crippen LogP contribution in [-0.4, -0.2) is 33.2 Å². The van der Waals surface area contributed by atoms with Gasteiger partial charge in [-0.05, 0) is 54.4 Å². The summed E-state index contributed by atoms with van der Waals surface area (Å²) in [6, 6.07) is 13.0. The highest BCUT2D eigenvalue weighted by Gasteiger charge is 2.31. The molecule has 3 aromatic heterocycles. The Morgan fingerprint density at radius 2 is 1.74 bits per heavy atom. The van der Waals surface area contributed by atoms with Crippen LogP contribution in [0.1, 0.15) is 30.2 Å². The number of hydrogen-bond acceptors (Lipinski definition) is 7. The van der Waals surface area contributed by atoms with Crippen LogP contribution >= 0.6 is 11.3 Å². The van der Waals surface area contributed by atoms with Gasteiger partial charge in [0.2, 0.25) is 0 Å². The summed E-state index contributed by atoms with van der Waals surface area (Å²) in [7, 11) is 1.96. The first-order chi connectivity index (χ1) is 20.6. The van der Waals surface area contributed by atoms with E-state index < -0.39 is 12.2 Å². The Morgan fingerprint density at radius 3 is 2.47 bits per heavy atom. The zero-order valence-corrected chi connectivity index (χ0v) is 24.2. The van der Waals surface area contributed by atoms with E-state index in [0.29, 0.717) is 28.9 Å². The van der Waals surface area contributed by atoms with Gasteiger partial charge in [0.05, 0.1) is 27.0 Å². The number of benzene rings is 2. The highest BCUT2D eigenvalue weighted by molar-refractivity contribution is 7.22. The zero-order chi connectivity index (χ0) is 30.6. The lowest BCUT2D eigenvalue weighted by Gasteiger charge is -2.10. The molecule has 0 saturated carbocycles. The van der Waals surface area contributed by atoms with Crippen LogP contribution in [0.25, 0.3) is 20.9 Å². The number of pyridine rings is 1. The molecule has 3 heterocycles. The summed E-state index contributed by atoms with van der Waals surface area (Å²) in [5.74, 6) is 0.0223. The highest BCUT2D eigenvalue weighted by atomic mass is 32.1. The zero-order valence-electron chi connectivity index (χ0n) is 23.4. The Bertz CT molecular complexity index is 1730. The van der Waals surface area contributed by atoms with Gasteiger partial charge in [0, 0.05) is 38.7 Å². The first kappa shape index (κ1) is 30.2. The molecule has 12 heteroatoms. The quantitative estimate of drug-likeness (QED) is 0.117. The number of thiophene rings is 1. The van der Waals surface area contributed by atoms with E-state index in [-0.39, 0.29) is 30.1 Å². The third-order valence-electron chi connectivity index (χ3n) is 6.59. The van der Waals surface area contributed by atoms with Crippen LogP contribution in [0, 0.1) is 5.82 Å². The molecule has 0 fully saturated rings. The van der Waals surface area contributed by atoms with Crippen molar-refractivity contribution in [3.63, 3.8) is 0 Å². The van der Waals surface area contributed by atoms with Crippen molar-refractivity contribution in [3.8, 4) is 28.0 Å². The number of rotatable bonds is 12. The van der Waals surface area contributed by atoms with Crippen molar-refractivity contribution in [2.24, 2.45) is 7.05 Å². The fourth-order valence-electron chi connectivity index (χ4n) is 4.52. The maximum atomic E-state index is 15.1. The molecule has 43 heavy (non-hydrogen) atoms. The number of alkyl halides is 3. The van der Waals surface area contributed by atoms with Crippen molar-refractivity contribution in [2.75, 3.05) is 6.54 Å². The van der Waals surface area contributed by atoms with E-state index in [4.69, 9.17) is 4.74 Å². The maximum absolute atomic E-state index is 15.1. The smallest absolute Gasteiger partial charge is 0.453 e. The number of hydrogen-bond donors (Lipinski definition) is 1. The molecule has 0 spiro atoms. The molecule has 0 aliphatic carbocycles. The second-order valence-corrected chi connectivity index (χ2v) is 10.9. The van der Waals surface area contributed by atoms with Gasteiger partial charge in [-0.3, -0.25) is 9.78 Å². The summed E-state index contributed by atoms with van der Waals surface area (Å²) in [5, 5.41) is 3.38. The Balaban J connectivity index is 1.25. The van der Waals surface area contributed by atoms with E-state index in [2.05, 4.69) is 26.9 Å². The van der Waals surface area contributed by atoms with Crippen molar-refractivity contribution in [3.05, 3.63) is 89.6 Å². The minimum atomic E-state index is -4.79. The van der Waals surface area contributed by atoms with Crippen molar-refractivity contribution >= 4 is 27.3 Å². The van der Waals surface area contributed by atoms with Crippen LogP contribution in [-0.2, 0) is 31.2 Å². The lowest BCUT2D eigenvalue weighted by molar-refractivity contribution is -0.274. The number of nitrogens with one attached hydrogen (secondary N) is 1. The van der Waals surface area contributed by atoms with E-state index in [1.807, 2.05) is 23.9 Å². The van der Waals surface area contributed by atoms with Gasteiger partial charge in [-0.15, -0.1) is 24.5 Å². The number of ketones is 1. The Morgan fingerprint density at radius 1 is 1.00 bits per heavy atom. The number of fused-ring (bicyclic) bond motifs is 1. The van der Waals surface area contributed by atoms with Gasteiger partial charge < -0.3 is 19.4 Å².